The minimum atomic E-state index is -0.343. The van der Waals surface area contributed by atoms with E-state index in [1.165, 1.54) is 19.2 Å². The van der Waals surface area contributed by atoms with Crippen LogP contribution in [0.2, 0.25) is 0 Å². The van der Waals surface area contributed by atoms with Crippen molar-refractivity contribution >= 4 is 5.69 Å². The van der Waals surface area contributed by atoms with Gasteiger partial charge in [0, 0.05) is 0 Å². The van der Waals surface area contributed by atoms with Crippen molar-refractivity contribution in [2.45, 2.75) is 0 Å². The molecule has 0 aromatic heterocycles. The van der Waals surface area contributed by atoms with E-state index in [4.69, 9.17) is 20.7 Å². The van der Waals surface area contributed by atoms with Crippen molar-refractivity contribution in [3.8, 4) is 17.2 Å². The van der Waals surface area contributed by atoms with E-state index in [1.54, 1.807) is 0 Å². The van der Waals surface area contributed by atoms with Gasteiger partial charge in [0.15, 0.2) is 11.5 Å². The van der Waals surface area contributed by atoms with Crippen LogP contribution < -0.4 is 10.5 Å². The van der Waals surface area contributed by atoms with Crippen molar-refractivity contribution in [2.24, 2.45) is 0 Å². The standard InChI is InChI=1S/C7H9NO3/c1-11-5-3-2-4(9)7(10)6(5)8/h2-3,9-10H,8H2,1H3. The zero-order valence-electron chi connectivity index (χ0n) is 6.03. The third kappa shape index (κ3) is 1.14. The fourth-order valence-corrected chi connectivity index (χ4v) is 0.756. The SMILES string of the molecule is COc1ccc(O)c(O)c1N. The van der Waals surface area contributed by atoms with Crippen molar-refractivity contribution in [3.63, 3.8) is 0 Å². The average molecular weight is 155 g/mol. The molecule has 11 heavy (non-hydrogen) atoms. The van der Waals surface area contributed by atoms with E-state index in [1.807, 2.05) is 0 Å². The summed E-state index contributed by atoms with van der Waals surface area (Å²) in [6.07, 6.45) is 0. The first-order valence-corrected chi connectivity index (χ1v) is 3.01. The van der Waals surface area contributed by atoms with Gasteiger partial charge in [-0.15, -0.1) is 0 Å². The van der Waals surface area contributed by atoms with Gasteiger partial charge in [-0.1, -0.05) is 0 Å². The zero-order valence-corrected chi connectivity index (χ0v) is 6.03. The van der Waals surface area contributed by atoms with Crippen LogP contribution in [-0.2, 0) is 0 Å². The average Bonchev–Trinajstić information content (AvgIpc) is 2.01. The number of phenolic OH excluding ortho intramolecular Hbond substituents is 2. The Balaban J connectivity index is 3.25. The molecule has 0 aliphatic heterocycles. The van der Waals surface area contributed by atoms with E-state index in [0.29, 0.717) is 5.75 Å². The number of benzene rings is 1. The summed E-state index contributed by atoms with van der Waals surface area (Å²) in [5.41, 5.74) is 5.41. The molecule has 4 N–H and O–H groups in total. The van der Waals surface area contributed by atoms with Gasteiger partial charge in [0.2, 0.25) is 0 Å². The lowest BCUT2D eigenvalue weighted by atomic mass is 10.2. The van der Waals surface area contributed by atoms with Gasteiger partial charge in [0.25, 0.3) is 0 Å². The Morgan fingerprint density at radius 2 is 2.00 bits per heavy atom. The smallest absolute Gasteiger partial charge is 0.184 e. The lowest BCUT2D eigenvalue weighted by molar-refractivity contribution is 0.390. The highest BCUT2D eigenvalue weighted by Gasteiger charge is 2.07. The van der Waals surface area contributed by atoms with Crippen LogP contribution in [0.1, 0.15) is 0 Å². The maximum absolute atomic E-state index is 9.06. The van der Waals surface area contributed by atoms with Crippen LogP contribution in [0.5, 0.6) is 17.2 Å². The summed E-state index contributed by atoms with van der Waals surface area (Å²) in [5, 5.41) is 18.0. The van der Waals surface area contributed by atoms with E-state index < -0.39 is 0 Å². The molecule has 0 bridgehead atoms. The first-order chi connectivity index (χ1) is 5.16. The molecular weight excluding hydrogens is 146 g/mol. The number of phenols is 2. The number of hydrogen-bond donors (Lipinski definition) is 3. The molecule has 0 aliphatic carbocycles. The summed E-state index contributed by atoms with van der Waals surface area (Å²) in [6, 6.07) is 2.79. The Morgan fingerprint density at radius 1 is 1.36 bits per heavy atom. The number of ether oxygens (including phenoxy) is 1. The lowest BCUT2D eigenvalue weighted by Gasteiger charge is -2.06. The first kappa shape index (κ1) is 7.53. The fraction of sp³-hybridized carbons (Fsp3) is 0.143. The summed E-state index contributed by atoms with van der Waals surface area (Å²) < 4.78 is 4.78. The van der Waals surface area contributed by atoms with Gasteiger partial charge in [-0.25, -0.2) is 0 Å². The van der Waals surface area contributed by atoms with Crippen molar-refractivity contribution in [3.05, 3.63) is 12.1 Å². The summed E-state index contributed by atoms with van der Waals surface area (Å²) in [6.45, 7) is 0. The molecule has 1 rings (SSSR count). The number of aromatic hydroxyl groups is 2. The number of methoxy groups -OCH3 is 1. The normalized spacial score (nSPS) is 9.55. The summed E-state index contributed by atoms with van der Waals surface area (Å²) >= 11 is 0. The first-order valence-electron chi connectivity index (χ1n) is 3.01. The summed E-state index contributed by atoms with van der Waals surface area (Å²) in [4.78, 5) is 0. The molecule has 0 aliphatic rings. The third-order valence-corrected chi connectivity index (χ3v) is 1.38. The second kappa shape index (κ2) is 2.57. The molecule has 0 unspecified atom stereocenters. The zero-order chi connectivity index (χ0) is 8.43. The second-order valence-corrected chi connectivity index (χ2v) is 2.05. The van der Waals surface area contributed by atoms with Gasteiger partial charge in [0.1, 0.15) is 11.4 Å². The molecule has 0 fully saturated rings. The van der Waals surface area contributed by atoms with Crippen LogP contribution in [0.3, 0.4) is 0 Å². The molecule has 1 aromatic rings. The van der Waals surface area contributed by atoms with E-state index >= 15 is 0 Å². The minimum Gasteiger partial charge on any atom is -0.504 e. The monoisotopic (exact) mass is 155 g/mol. The number of anilines is 1. The van der Waals surface area contributed by atoms with Crippen molar-refractivity contribution < 1.29 is 14.9 Å². The molecule has 0 heterocycles. The van der Waals surface area contributed by atoms with Crippen molar-refractivity contribution in [1.29, 1.82) is 0 Å². The molecule has 0 saturated carbocycles. The molecule has 4 heteroatoms. The Bertz CT molecular complexity index is 273. The van der Waals surface area contributed by atoms with Gasteiger partial charge in [-0.2, -0.15) is 0 Å². The van der Waals surface area contributed by atoms with Crippen LogP contribution in [0.25, 0.3) is 0 Å². The fourth-order valence-electron chi connectivity index (χ4n) is 0.756. The Morgan fingerprint density at radius 3 is 2.55 bits per heavy atom. The lowest BCUT2D eigenvalue weighted by Crippen LogP contribution is -1.92. The largest absolute Gasteiger partial charge is 0.504 e. The van der Waals surface area contributed by atoms with Gasteiger partial charge >= 0.3 is 0 Å². The topological polar surface area (TPSA) is 75.7 Å². The van der Waals surface area contributed by atoms with Gasteiger partial charge in [-0.3, -0.25) is 0 Å². The molecular formula is C7H9NO3. The predicted molar refractivity (Wildman–Crippen MR) is 40.7 cm³/mol. The van der Waals surface area contributed by atoms with Gasteiger partial charge in [0.05, 0.1) is 7.11 Å². The van der Waals surface area contributed by atoms with E-state index in [2.05, 4.69) is 0 Å². The minimum absolute atomic E-state index is 0.0486. The Hall–Kier alpha value is -1.58. The van der Waals surface area contributed by atoms with E-state index in [-0.39, 0.29) is 17.2 Å². The van der Waals surface area contributed by atoms with Crippen LogP contribution in [0.15, 0.2) is 12.1 Å². The highest BCUT2D eigenvalue weighted by atomic mass is 16.5. The second-order valence-electron chi connectivity index (χ2n) is 2.05. The molecule has 0 atom stereocenters. The summed E-state index contributed by atoms with van der Waals surface area (Å²) in [5.74, 6) is -0.243. The number of nitrogen functional groups attached to an aromatic ring is 1. The van der Waals surface area contributed by atoms with Crippen LogP contribution in [0.4, 0.5) is 5.69 Å². The van der Waals surface area contributed by atoms with Crippen LogP contribution in [0, 0.1) is 0 Å². The molecule has 60 valence electrons. The number of hydrogen-bond acceptors (Lipinski definition) is 4. The molecule has 0 spiro atoms. The summed E-state index contributed by atoms with van der Waals surface area (Å²) in [7, 11) is 1.43. The molecule has 0 amide bonds. The maximum atomic E-state index is 9.06. The van der Waals surface area contributed by atoms with E-state index in [0.717, 1.165) is 0 Å². The van der Waals surface area contributed by atoms with Gasteiger partial charge < -0.3 is 20.7 Å². The van der Waals surface area contributed by atoms with Crippen molar-refractivity contribution in [2.75, 3.05) is 12.8 Å². The Labute approximate surface area is 63.8 Å². The van der Waals surface area contributed by atoms with Crippen LogP contribution >= 0.6 is 0 Å². The quantitative estimate of drug-likeness (QED) is 0.412. The van der Waals surface area contributed by atoms with Crippen LogP contribution in [-0.4, -0.2) is 17.3 Å². The molecule has 1 aromatic carbocycles. The van der Waals surface area contributed by atoms with Gasteiger partial charge in [-0.05, 0) is 12.1 Å². The number of rotatable bonds is 1. The molecule has 4 nitrogen and oxygen atoms in total. The molecule has 0 saturated heterocycles. The number of nitrogens with two attached hydrogens (primary N) is 1. The molecule has 0 radical (unpaired) electrons. The maximum Gasteiger partial charge on any atom is 0.184 e. The third-order valence-electron chi connectivity index (χ3n) is 1.38. The van der Waals surface area contributed by atoms with E-state index in [9.17, 15) is 0 Å². The predicted octanol–water partition coefficient (Wildman–Crippen LogP) is 0.689. The highest BCUT2D eigenvalue weighted by Crippen LogP contribution is 2.37. The van der Waals surface area contributed by atoms with Crippen molar-refractivity contribution in [1.82, 2.24) is 0 Å². The highest BCUT2D eigenvalue weighted by molar-refractivity contribution is 5.67. The Kier molecular flexibility index (Phi) is 1.76.